The second-order valence-electron chi connectivity index (χ2n) is 4.39. The number of rotatable bonds is 1. The van der Waals surface area contributed by atoms with Crippen LogP contribution in [0, 0.1) is 13.8 Å². The van der Waals surface area contributed by atoms with Gasteiger partial charge in [0.15, 0.2) is 0 Å². The highest BCUT2D eigenvalue weighted by Crippen LogP contribution is 2.27. The van der Waals surface area contributed by atoms with Gasteiger partial charge in [0.2, 0.25) is 0 Å². The first-order valence-corrected chi connectivity index (χ1v) is 7.43. The van der Waals surface area contributed by atoms with E-state index in [1.54, 1.807) is 11.3 Å². The zero-order valence-electron chi connectivity index (χ0n) is 10.5. The van der Waals surface area contributed by atoms with Crippen molar-refractivity contribution in [1.29, 1.82) is 0 Å². The summed E-state index contributed by atoms with van der Waals surface area (Å²) >= 11 is 4.99. The Morgan fingerprint density at radius 3 is 2.84 bits per heavy atom. The Labute approximate surface area is 122 Å². The van der Waals surface area contributed by atoms with Crippen LogP contribution >= 0.6 is 27.3 Å². The number of thiophene rings is 1. The minimum Gasteiger partial charge on any atom is -0.306 e. The van der Waals surface area contributed by atoms with E-state index in [-0.39, 0.29) is 5.56 Å². The monoisotopic (exact) mass is 334 g/mol. The maximum Gasteiger partial charge on any atom is 0.260 e. The number of fused-ring (bicyclic) bond motifs is 1. The van der Waals surface area contributed by atoms with Gasteiger partial charge in [0.05, 0.1) is 5.39 Å². The fourth-order valence-electron chi connectivity index (χ4n) is 2.03. The molecule has 1 N–H and O–H groups in total. The van der Waals surface area contributed by atoms with Crippen LogP contribution < -0.4 is 5.56 Å². The number of hydrogen-bond donors (Lipinski definition) is 1. The smallest absolute Gasteiger partial charge is 0.260 e. The van der Waals surface area contributed by atoms with Crippen molar-refractivity contribution in [2.24, 2.45) is 0 Å². The molecule has 0 bridgehead atoms. The van der Waals surface area contributed by atoms with Gasteiger partial charge < -0.3 is 4.98 Å². The molecule has 1 aromatic carbocycles. The Balaban J connectivity index is 2.30. The number of aromatic amines is 1. The number of H-pyrrole nitrogens is 1. The van der Waals surface area contributed by atoms with Gasteiger partial charge in [-0.3, -0.25) is 4.79 Å². The van der Waals surface area contributed by atoms with E-state index in [2.05, 4.69) is 25.9 Å². The van der Waals surface area contributed by atoms with Gasteiger partial charge in [-0.25, -0.2) is 4.98 Å². The van der Waals surface area contributed by atoms with Crippen molar-refractivity contribution >= 4 is 37.5 Å². The molecular formula is C14H11BrN2OS. The zero-order valence-corrected chi connectivity index (χ0v) is 12.9. The summed E-state index contributed by atoms with van der Waals surface area (Å²) in [4.78, 5) is 21.6. The Kier molecular flexibility index (Phi) is 3.03. The van der Waals surface area contributed by atoms with Crippen LogP contribution in [0.4, 0.5) is 0 Å². The lowest BCUT2D eigenvalue weighted by Crippen LogP contribution is -2.09. The molecular weight excluding hydrogens is 324 g/mol. The highest BCUT2D eigenvalue weighted by molar-refractivity contribution is 9.10. The van der Waals surface area contributed by atoms with Gasteiger partial charge in [0.1, 0.15) is 10.7 Å². The molecule has 19 heavy (non-hydrogen) atoms. The van der Waals surface area contributed by atoms with Gasteiger partial charge in [-0.05, 0) is 31.5 Å². The Bertz CT molecular complexity index is 835. The van der Waals surface area contributed by atoms with Crippen molar-refractivity contribution in [3.63, 3.8) is 0 Å². The Morgan fingerprint density at radius 1 is 1.32 bits per heavy atom. The number of nitrogens with zero attached hydrogens (tertiary/aromatic N) is 1. The van der Waals surface area contributed by atoms with Crippen molar-refractivity contribution in [3.8, 4) is 11.4 Å². The van der Waals surface area contributed by atoms with Gasteiger partial charge in [-0.1, -0.05) is 28.1 Å². The summed E-state index contributed by atoms with van der Waals surface area (Å²) < 4.78 is 0.964. The van der Waals surface area contributed by atoms with Crippen molar-refractivity contribution in [2.75, 3.05) is 0 Å². The SMILES string of the molecule is Cc1sc2nc(-c3cccc(Br)c3)[nH]c(=O)c2c1C. The summed E-state index contributed by atoms with van der Waals surface area (Å²) in [6.45, 7) is 3.98. The lowest BCUT2D eigenvalue weighted by atomic mass is 10.2. The standard InChI is InChI=1S/C14H11BrN2OS/c1-7-8(2)19-14-11(7)13(18)16-12(17-14)9-4-3-5-10(15)6-9/h3-6H,1-2H3,(H,16,17,18). The summed E-state index contributed by atoms with van der Waals surface area (Å²) in [7, 11) is 0. The Hall–Kier alpha value is -1.46. The molecule has 5 heteroatoms. The normalized spacial score (nSPS) is 11.1. The molecule has 2 aromatic heterocycles. The molecule has 0 aliphatic heterocycles. The van der Waals surface area contributed by atoms with E-state index >= 15 is 0 Å². The third kappa shape index (κ3) is 2.13. The molecule has 0 saturated heterocycles. The first-order valence-electron chi connectivity index (χ1n) is 5.82. The van der Waals surface area contributed by atoms with E-state index in [1.807, 2.05) is 38.1 Å². The second-order valence-corrected chi connectivity index (χ2v) is 6.51. The minimum atomic E-state index is -0.0678. The highest BCUT2D eigenvalue weighted by atomic mass is 79.9. The Morgan fingerprint density at radius 2 is 2.11 bits per heavy atom. The molecule has 2 heterocycles. The molecule has 0 radical (unpaired) electrons. The van der Waals surface area contributed by atoms with Crippen LogP contribution in [-0.2, 0) is 0 Å². The van der Waals surface area contributed by atoms with E-state index in [9.17, 15) is 4.79 Å². The summed E-state index contributed by atoms with van der Waals surface area (Å²) in [5.41, 5.74) is 1.86. The number of benzene rings is 1. The largest absolute Gasteiger partial charge is 0.306 e. The summed E-state index contributed by atoms with van der Waals surface area (Å²) in [6.07, 6.45) is 0. The molecule has 0 unspecified atom stereocenters. The van der Waals surface area contributed by atoms with E-state index in [4.69, 9.17) is 0 Å². The number of nitrogens with one attached hydrogen (secondary N) is 1. The third-order valence-electron chi connectivity index (χ3n) is 3.14. The average Bonchev–Trinajstić information content (AvgIpc) is 2.65. The molecule has 0 saturated carbocycles. The molecule has 96 valence electrons. The van der Waals surface area contributed by atoms with Crippen molar-refractivity contribution in [1.82, 2.24) is 9.97 Å². The first kappa shape index (κ1) is 12.6. The summed E-state index contributed by atoms with van der Waals surface area (Å²) in [6, 6.07) is 7.74. The molecule has 0 aliphatic carbocycles. The predicted molar refractivity (Wildman–Crippen MR) is 82.9 cm³/mol. The van der Waals surface area contributed by atoms with Crippen molar-refractivity contribution in [2.45, 2.75) is 13.8 Å². The van der Waals surface area contributed by atoms with E-state index in [0.717, 1.165) is 25.3 Å². The molecule has 3 nitrogen and oxygen atoms in total. The molecule has 0 atom stereocenters. The summed E-state index contributed by atoms with van der Waals surface area (Å²) in [5, 5.41) is 0.709. The van der Waals surface area contributed by atoms with Gasteiger partial charge in [-0.15, -0.1) is 11.3 Å². The maximum atomic E-state index is 12.2. The lowest BCUT2D eigenvalue weighted by Gasteiger charge is -2.01. The van der Waals surface area contributed by atoms with E-state index in [0.29, 0.717) is 11.2 Å². The lowest BCUT2D eigenvalue weighted by molar-refractivity contribution is 1.18. The quantitative estimate of drug-likeness (QED) is 0.730. The molecule has 3 rings (SSSR count). The molecule has 0 fully saturated rings. The van der Waals surface area contributed by atoms with Crippen LogP contribution in [0.1, 0.15) is 10.4 Å². The van der Waals surface area contributed by atoms with Crippen LogP contribution in [-0.4, -0.2) is 9.97 Å². The predicted octanol–water partition coefficient (Wildman–Crippen LogP) is 4.03. The second kappa shape index (κ2) is 4.58. The van der Waals surface area contributed by atoms with Crippen LogP contribution in [0.3, 0.4) is 0 Å². The molecule has 3 aromatic rings. The number of hydrogen-bond acceptors (Lipinski definition) is 3. The van der Waals surface area contributed by atoms with Gasteiger partial charge in [-0.2, -0.15) is 0 Å². The number of aryl methyl sites for hydroxylation is 2. The fourth-order valence-corrected chi connectivity index (χ4v) is 3.46. The summed E-state index contributed by atoms with van der Waals surface area (Å²) in [5.74, 6) is 0.611. The van der Waals surface area contributed by atoms with E-state index < -0.39 is 0 Å². The van der Waals surface area contributed by atoms with Gasteiger partial charge in [0, 0.05) is 14.9 Å². The third-order valence-corrected chi connectivity index (χ3v) is 4.73. The number of aromatic nitrogens is 2. The maximum absolute atomic E-state index is 12.2. The minimum absolute atomic E-state index is 0.0678. The molecule has 0 amide bonds. The van der Waals surface area contributed by atoms with Crippen LogP contribution in [0.2, 0.25) is 0 Å². The fraction of sp³-hybridized carbons (Fsp3) is 0.143. The van der Waals surface area contributed by atoms with Crippen LogP contribution in [0.5, 0.6) is 0 Å². The first-order chi connectivity index (χ1) is 9.06. The van der Waals surface area contributed by atoms with Crippen LogP contribution in [0.15, 0.2) is 33.5 Å². The van der Waals surface area contributed by atoms with Gasteiger partial charge in [0.25, 0.3) is 5.56 Å². The average molecular weight is 335 g/mol. The molecule has 0 spiro atoms. The zero-order chi connectivity index (χ0) is 13.6. The highest BCUT2D eigenvalue weighted by Gasteiger charge is 2.12. The van der Waals surface area contributed by atoms with Gasteiger partial charge >= 0.3 is 0 Å². The van der Waals surface area contributed by atoms with Crippen molar-refractivity contribution < 1.29 is 0 Å². The van der Waals surface area contributed by atoms with E-state index in [1.165, 1.54) is 0 Å². The van der Waals surface area contributed by atoms with Crippen molar-refractivity contribution in [3.05, 3.63) is 49.5 Å². The van der Waals surface area contributed by atoms with Crippen LogP contribution in [0.25, 0.3) is 21.6 Å². The topological polar surface area (TPSA) is 45.8 Å². The molecule has 0 aliphatic rings. The number of halogens is 1.